The number of nitrogens with zero attached hydrogens (tertiary/aromatic N) is 3. The van der Waals surface area contributed by atoms with Crippen molar-refractivity contribution in [1.29, 1.82) is 0 Å². The molecule has 1 aromatic rings. The predicted molar refractivity (Wildman–Crippen MR) is 89.3 cm³/mol. The minimum absolute atomic E-state index is 0.184. The Morgan fingerprint density at radius 1 is 1.48 bits per heavy atom. The van der Waals surface area contributed by atoms with E-state index in [0.29, 0.717) is 17.3 Å². The van der Waals surface area contributed by atoms with Gasteiger partial charge in [0.25, 0.3) is 0 Å². The van der Waals surface area contributed by atoms with Crippen LogP contribution in [0.4, 0.5) is 0 Å². The Morgan fingerprint density at radius 3 is 2.78 bits per heavy atom. The van der Waals surface area contributed by atoms with E-state index in [1.165, 1.54) is 22.8 Å². The van der Waals surface area contributed by atoms with Crippen molar-refractivity contribution in [3.63, 3.8) is 0 Å². The molecule has 0 spiro atoms. The van der Waals surface area contributed by atoms with Crippen LogP contribution in [0.3, 0.4) is 0 Å². The van der Waals surface area contributed by atoms with Gasteiger partial charge in [0.15, 0.2) is 11.4 Å². The fourth-order valence-corrected chi connectivity index (χ4v) is 3.38. The molecule has 1 unspecified atom stereocenters. The summed E-state index contributed by atoms with van der Waals surface area (Å²) in [6.45, 7) is 6.35. The van der Waals surface area contributed by atoms with E-state index in [2.05, 4.69) is 9.38 Å². The molecule has 0 radical (unpaired) electrons. The van der Waals surface area contributed by atoms with Crippen molar-refractivity contribution in [1.82, 2.24) is 9.29 Å². The number of carbonyl (C=O) groups is 1. The number of aromatic nitrogens is 1. The molecule has 1 aliphatic heterocycles. The molecular formula is C14H19N3O4S2. The van der Waals surface area contributed by atoms with Gasteiger partial charge in [-0.15, -0.1) is 11.3 Å². The van der Waals surface area contributed by atoms with Crippen LogP contribution in [0.2, 0.25) is 0 Å². The number of esters is 1. The number of hydrogen-bond donors (Lipinski definition) is 0. The van der Waals surface area contributed by atoms with Crippen molar-refractivity contribution < 1.29 is 18.8 Å². The second-order valence-electron chi connectivity index (χ2n) is 5.63. The fraction of sp³-hybridized carbons (Fsp3) is 0.500. The third kappa shape index (κ3) is 4.77. The van der Waals surface area contributed by atoms with Gasteiger partial charge in [0.2, 0.25) is 11.5 Å². The molecule has 2 heterocycles. The smallest absolute Gasteiger partial charge is 0.359 e. The van der Waals surface area contributed by atoms with Gasteiger partial charge in [-0.3, -0.25) is 0 Å². The Balaban J connectivity index is 2.19. The van der Waals surface area contributed by atoms with E-state index in [4.69, 9.17) is 9.47 Å². The summed E-state index contributed by atoms with van der Waals surface area (Å²) in [6, 6.07) is 0. The molecule has 0 N–H and O–H groups in total. The highest BCUT2D eigenvalue weighted by atomic mass is 32.2. The predicted octanol–water partition coefficient (Wildman–Crippen LogP) is 1.70. The average molecular weight is 357 g/mol. The lowest BCUT2D eigenvalue weighted by molar-refractivity contribution is -0.137. The molecule has 1 atom stereocenters. The monoisotopic (exact) mass is 357 g/mol. The van der Waals surface area contributed by atoms with E-state index in [9.17, 15) is 9.35 Å². The molecule has 2 rings (SSSR count). The molecule has 0 aliphatic carbocycles. The van der Waals surface area contributed by atoms with Crippen molar-refractivity contribution in [2.45, 2.75) is 26.4 Å². The zero-order valence-electron chi connectivity index (χ0n) is 13.4. The molecule has 1 aliphatic rings. The van der Waals surface area contributed by atoms with Crippen LogP contribution in [-0.4, -0.2) is 51.4 Å². The number of carbonyl (C=O) groups excluding carboxylic acids is 1. The molecular weight excluding hydrogens is 338 g/mol. The summed E-state index contributed by atoms with van der Waals surface area (Å²) in [5.74, 6) is -0.571. The lowest BCUT2D eigenvalue weighted by Gasteiger charge is -2.27. The summed E-state index contributed by atoms with van der Waals surface area (Å²) in [4.78, 5) is 16.1. The molecule has 0 amide bonds. The lowest BCUT2D eigenvalue weighted by Crippen LogP contribution is -2.39. The summed E-state index contributed by atoms with van der Waals surface area (Å²) in [5.41, 5.74) is 0.275. The highest BCUT2D eigenvalue weighted by molar-refractivity contribution is 7.88. The van der Waals surface area contributed by atoms with Gasteiger partial charge in [0.05, 0.1) is 25.9 Å². The van der Waals surface area contributed by atoms with Crippen LogP contribution in [0.5, 0.6) is 0 Å². The largest absolute Gasteiger partial charge is 0.566 e. The van der Waals surface area contributed by atoms with E-state index in [1.807, 2.05) is 20.8 Å². The molecule has 0 bridgehead atoms. The van der Waals surface area contributed by atoms with Gasteiger partial charge in [-0.25, -0.2) is 9.78 Å². The first kappa shape index (κ1) is 17.9. The zero-order valence-corrected chi connectivity index (χ0v) is 15.1. The van der Waals surface area contributed by atoms with E-state index in [-0.39, 0.29) is 17.8 Å². The maximum Gasteiger partial charge on any atom is 0.359 e. The Morgan fingerprint density at radius 2 is 2.22 bits per heavy atom. The van der Waals surface area contributed by atoms with Gasteiger partial charge in [-0.05, 0) is 25.2 Å². The standard InChI is InChI=1S/C14H19N3O4S2/c1-14(2,3)21-7-6-17-11(13(18)20-4)9-10(16-23(17)19)12-15-5-8-22-12/h5,8-9H,6-7H2,1-4H3. The van der Waals surface area contributed by atoms with Crippen LogP contribution < -0.4 is 0 Å². The molecule has 0 saturated carbocycles. The van der Waals surface area contributed by atoms with Gasteiger partial charge in [0, 0.05) is 17.7 Å². The number of allylic oxidation sites excluding steroid dienone is 1. The van der Waals surface area contributed by atoms with Crippen LogP contribution in [0.15, 0.2) is 27.7 Å². The van der Waals surface area contributed by atoms with Crippen molar-refractivity contribution >= 4 is 34.6 Å². The molecule has 0 fully saturated rings. The summed E-state index contributed by atoms with van der Waals surface area (Å²) in [5, 5.41) is 2.39. The Labute approximate surface area is 142 Å². The third-order valence-corrected chi connectivity index (χ3v) is 4.69. The van der Waals surface area contributed by atoms with E-state index in [0.717, 1.165) is 0 Å². The molecule has 1 aromatic heterocycles. The topological polar surface area (TPSA) is 87.1 Å². The second kappa shape index (κ2) is 7.43. The average Bonchev–Trinajstić information content (AvgIpc) is 3.00. The minimum Gasteiger partial charge on any atom is -0.566 e. The Kier molecular flexibility index (Phi) is 5.79. The van der Waals surface area contributed by atoms with Crippen LogP contribution in [-0.2, 0) is 25.8 Å². The van der Waals surface area contributed by atoms with E-state index in [1.54, 1.807) is 17.7 Å². The Hall–Kier alpha value is -1.42. The minimum atomic E-state index is -1.73. The Bertz CT molecular complexity index is 608. The van der Waals surface area contributed by atoms with Crippen molar-refractivity contribution in [2.75, 3.05) is 20.3 Å². The van der Waals surface area contributed by atoms with Gasteiger partial charge in [0.1, 0.15) is 5.01 Å². The first-order chi connectivity index (χ1) is 10.8. The highest BCUT2D eigenvalue weighted by Gasteiger charge is 2.34. The maximum atomic E-state index is 12.4. The van der Waals surface area contributed by atoms with Gasteiger partial charge >= 0.3 is 5.97 Å². The molecule has 7 nitrogen and oxygen atoms in total. The molecule has 0 aromatic carbocycles. The summed E-state index contributed by atoms with van der Waals surface area (Å²) < 4.78 is 28.3. The maximum absolute atomic E-state index is 12.4. The van der Waals surface area contributed by atoms with Gasteiger partial charge in [-0.1, -0.05) is 0 Å². The van der Waals surface area contributed by atoms with E-state index >= 15 is 0 Å². The molecule has 0 saturated heterocycles. The quantitative estimate of drug-likeness (QED) is 0.589. The zero-order chi connectivity index (χ0) is 17.0. The van der Waals surface area contributed by atoms with Crippen LogP contribution in [0.25, 0.3) is 0 Å². The fourth-order valence-electron chi connectivity index (χ4n) is 1.79. The first-order valence-corrected chi connectivity index (χ1v) is 8.88. The van der Waals surface area contributed by atoms with Crippen molar-refractivity contribution in [3.05, 3.63) is 28.4 Å². The third-order valence-electron chi connectivity index (χ3n) is 2.78. The summed E-state index contributed by atoms with van der Waals surface area (Å²) >= 11 is -0.375. The second-order valence-corrected chi connectivity index (χ2v) is 7.61. The summed E-state index contributed by atoms with van der Waals surface area (Å²) in [6.07, 6.45) is 3.17. The highest BCUT2D eigenvalue weighted by Crippen LogP contribution is 2.23. The normalized spacial score (nSPS) is 18.5. The van der Waals surface area contributed by atoms with E-state index < -0.39 is 17.5 Å². The molecule has 126 valence electrons. The first-order valence-electron chi connectivity index (χ1n) is 6.94. The van der Waals surface area contributed by atoms with Crippen LogP contribution in [0, 0.1) is 0 Å². The lowest BCUT2D eigenvalue weighted by atomic mass is 10.2. The van der Waals surface area contributed by atoms with Crippen molar-refractivity contribution in [2.24, 2.45) is 4.40 Å². The summed E-state index contributed by atoms with van der Waals surface area (Å²) in [7, 11) is 1.28. The number of hydrogen-bond acceptors (Lipinski definition) is 8. The number of thiazole rings is 1. The number of rotatable bonds is 5. The number of methoxy groups -OCH3 is 1. The van der Waals surface area contributed by atoms with Crippen LogP contribution in [0.1, 0.15) is 25.8 Å². The van der Waals surface area contributed by atoms with Gasteiger partial charge in [-0.2, -0.15) is 4.31 Å². The SMILES string of the molecule is COC(=O)C1=CC(c2nccs2)=N[S+]([O-])N1CCOC(C)(C)C. The van der Waals surface area contributed by atoms with Gasteiger partial charge < -0.3 is 14.0 Å². The van der Waals surface area contributed by atoms with Crippen LogP contribution >= 0.6 is 11.3 Å². The molecule has 23 heavy (non-hydrogen) atoms. The molecule has 9 heteroatoms. The van der Waals surface area contributed by atoms with Crippen molar-refractivity contribution in [3.8, 4) is 0 Å². The number of ether oxygens (including phenoxy) is 2.